The Morgan fingerprint density at radius 3 is 2.66 bits per heavy atom. The van der Waals surface area contributed by atoms with Crippen LogP contribution in [0.3, 0.4) is 0 Å². The molecule has 2 aromatic heterocycles. The van der Waals surface area contributed by atoms with Gasteiger partial charge in [0.15, 0.2) is 23.9 Å². The second-order valence-corrected chi connectivity index (χ2v) is 9.59. The van der Waals surface area contributed by atoms with Crippen LogP contribution in [0.1, 0.15) is 13.8 Å². The summed E-state index contributed by atoms with van der Waals surface area (Å²) in [7, 11) is 3.21. The summed E-state index contributed by atoms with van der Waals surface area (Å²) in [5, 5.41) is 15.0. The Morgan fingerprint density at radius 2 is 1.85 bits per heavy atom. The highest BCUT2D eigenvalue weighted by atomic mass is 16.5. The smallest absolute Gasteiger partial charge is 0.258 e. The molecule has 1 amide bonds. The number of carbonyl (C=O) groups excluding carboxylic acids is 1. The van der Waals surface area contributed by atoms with Crippen LogP contribution in [0.15, 0.2) is 60.8 Å². The molecule has 2 heterocycles. The number of anilines is 2. The van der Waals surface area contributed by atoms with Crippen LogP contribution in [0.2, 0.25) is 0 Å². The Balaban J connectivity index is 1.54. The number of fused-ring (bicyclic) bond motifs is 2. The molecular weight excluding hydrogens is 524 g/mol. The molecule has 11 heteroatoms. The van der Waals surface area contributed by atoms with Gasteiger partial charge in [-0.1, -0.05) is 12.1 Å². The number of rotatable bonds is 12. The van der Waals surface area contributed by atoms with Crippen LogP contribution in [-0.4, -0.2) is 66.2 Å². The standard InChI is InChI=1S/C30H32N6O5/c1-18(2)32-28(37)17-41-22-7-5-6-19(13-22)29-34-25-15-26(39-4)27(40-11-10-38-3)14-23(25)30(35-29)33-21-8-9-24-20(12-21)16-31-36-24/h5-9,12-16,18H,10-11,17H2,1-4H3,(H,31,36)(H,32,37)(H,33,34,35). The van der Waals surface area contributed by atoms with Crippen LogP contribution in [0.4, 0.5) is 11.5 Å². The zero-order valence-corrected chi connectivity index (χ0v) is 23.4. The summed E-state index contributed by atoms with van der Waals surface area (Å²) in [4.78, 5) is 21.8. The van der Waals surface area contributed by atoms with Gasteiger partial charge in [0.25, 0.3) is 5.91 Å². The van der Waals surface area contributed by atoms with E-state index in [-0.39, 0.29) is 18.6 Å². The van der Waals surface area contributed by atoms with E-state index < -0.39 is 0 Å². The number of nitrogens with zero attached hydrogens (tertiary/aromatic N) is 3. The van der Waals surface area contributed by atoms with Crippen LogP contribution in [-0.2, 0) is 9.53 Å². The number of benzene rings is 3. The number of H-pyrrole nitrogens is 1. The van der Waals surface area contributed by atoms with E-state index in [2.05, 4.69) is 20.8 Å². The first-order valence-electron chi connectivity index (χ1n) is 13.2. The van der Waals surface area contributed by atoms with Crippen molar-refractivity contribution in [3.05, 3.63) is 60.8 Å². The van der Waals surface area contributed by atoms with Gasteiger partial charge in [0.1, 0.15) is 18.2 Å². The third-order valence-electron chi connectivity index (χ3n) is 6.14. The highest BCUT2D eigenvalue weighted by molar-refractivity contribution is 5.95. The van der Waals surface area contributed by atoms with Crippen molar-refractivity contribution in [3.63, 3.8) is 0 Å². The van der Waals surface area contributed by atoms with Gasteiger partial charge in [-0.2, -0.15) is 5.10 Å². The summed E-state index contributed by atoms with van der Waals surface area (Å²) in [5.41, 5.74) is 3.14. The Hall–Kier alpha value is -4.90. The first kappa shape index (κ1) is 27.7. The van der Waals surface area contributed by atoms with Gasteiger partial charge in [0.05, 0.1) is 30.9 Å². The molecule has 0 spiro atoms. The number of nitrogens with one attached hydrogen (secondary N) is 3. The lowest BCUT2D eigenvalue weighted by Gasteiger charge is -2.15. The molecule has 0 bridgehead atoms. The van der Waals surface area contributed by atoms with Gasteiger partial charge in [-0.3, -0.25) is 9.89 Å². The number of hydrogen-bond acceptors (Lipinski definition) is 9. The normalized spacial score (nSPS) is 11.1. The predicted octanol–water partition coefficient (Wildman–Crippen LogP) is 4.85. The van der Waals surface area contributed by atoms with E-state index in [1.807, 2.05) is 62.4 Å². The van der Waals surface area contributed by atoms with E-state index >= 15 is 0 Å². The average Bonchev–Trinajstić information content (AvgIpc) is 3.44. The summed E-state index contributed by atoms with van der Waals surface area (Å²) < 4.78 is 22.4. The van der Waals surface area contributed by atoms with Crippen molar-refractivity contribution >= 4 is 39.2 Å². The molecular formula is C30H32N6O5. The topological polar surface area (TPSA) is 133 Å². The fourth-order valence-electron chi connectivity index (χ4n) is 4.26. The van der Waals surface area contributed by atoms with Crippen molar-refractivity contribution in [2.45, 2.75) is 19.9 Å². The molecule has 0 saturated heterocycles. The fraction of sp³-hybridized carbons (Fsp3) is 0.267. The molecule has 0 fully saturated rings. The molecule has 5 aromatic rings. The van der Waals surface area contributed by atoms with Crippen molar-refractivity contribution < 1.29 is 23.7 Å². The quantitative estimate of drug-likeness (QED) is 0.184. The summed E-state index contributed by atoms with van der Waals surface area (Å²) in [6, 6.07) is 16.9. The molecule has 0 unspecified atom stereocenters. The number of hydrogen-bond donors (Lipinski definition) is 3. The minimum absolute atomic E-state index is 0.0338. The molecule has 212 valence electrons. The van der Waals surface area contributed by atoms with Crippen LogP contribution in [0.5, 0.6) is 17.2 Å². The van der Waals surface area contributed by atoms with Gasteiger partial charge in [-0.15, -0.1) is 0 Å². The molecule has 3 N–H and O–H groups in total. The number of methoxy groups -OCH3 is 2. The van der Waals surface area contributed by atoms with E-state index in [0.717, 1.165) is 27.5 Å². The first-order chi connectivity index (χ1) is 19.9. The summed E-state index contributed by atoms with van der Waals surface area (Å²) in [6.45, 7) is 4.51. The Bertz CT molecular complexity index is 1670. The van der Waals surface area contributed by atoms with Crippen LogP contribution in [0.25, 0.3) is 33.2 Å². The van der Waals surface area contributed by atoms with Crippen molar-refractivity contribution in [3.8, 4) is 28.6 Å². The highest BCUT2D eigenvalue weighted by Gasteiger charge is 2.16. The fourth-order valence-corrected chi connectivity index (χ4v) is 4.26. The minimum atomic E-state index is -0.191. The third-order valence-corrected chi connectivity index (χ3v) is 6.14. The summed E-state index contributed by atoms with van der Waals surface area (Å²) in [5.74, 6) is 2.48. The number of aromatic nitrogens is 4. The van der Waals surface area contributed by atoms with E-state index in [1.54, 1.807) is 26.5 Å². The maximum Gasteiger partial charge on any atom is 0.258 e. The maximum absolute atomic E-state index is 12.1. The zero-order valence-electron chi connectivity index (χ0n) is 23.4. The van der Waals surface area contributed by atoms with Gasteiger partial charge in [0, 0.05) is 41.2 Å². The van der Waals surface area contributed by atoms with E-state index in [9.17, 15) is 4.79 Å². The molecule has 0 aliphatic carbocycles. The SMILES string of the molecule is COCCOc1cc2c(Nc3ccc4[nH]ncc4c3)nc(-c3cccc(OCC(=O)NC(C)C)c3)nc2cc1OC. The Morgan fingerprint density at radius 1 is 0.976 bits per heavy atom. The van der Waals surface area contributed by atoms with E-state index in [1.165, 1.54) is 0 Å². The van der Waals surface area contributed by atoms with E-state index in [0.29, 0.717) is 47.6 Å². The van der Waals surface area contributed by atoms with Crippen LogP contribution >= 0.6 is 0 Å². The monoisotopic (exact) mass is 556 g/mol. The lowest BCUT2D eigenvalue weighted by molar-refractivity contribution is -0.123. The molecule has 0 saturated carbocycles. The summed E-state index contributed by atoms with van der Waals surface area (Å²) in [6.07, 6.45) is 1.77. The molecule has 11 nitrogen and oxygen atoms in total. The molecule has 0 aliphatic heterocycles. The largest absolute Gasteiger partial charge is 0.493 e. The maximum atomic E-state index is 12.1. The third kappa shape index (κ3) is 6.64. The zero-order chi connectivity index (χ0) is 28.8. The minimum Gasteiger partial charge on any atom is -0.493 e. The van der Waals surface area contributed by atoms with Crippen molar-refractivity contribution in [2.75, 3.05) is 39.4 Å². The van der Waals surface area contributed by atoms with Crippen molar-refractivity contribution in [2.24, 2.45) is 0 Å². The Kier molecular flexibility index (Phi) is 8.44. The molecule has 0 atom stereocenters. The lowest BCUT2D eigenvalue weighted by Crippen LogP contribution is -2.34. The molecule has 0 aliphatic rings. The van der Waals surface area contributed by atoms with Gasteiger partial charge >= 0.3 is 0 Å². The number of carbonyl (C=O) groups is 1. The molecule has 41 heavy (non-hydrogen) atoms. The number of aromatic amines is 1. The first-order valence-corrected chi connectivity index (χ1v) is 13.2. The molecule has 5 rings (SSSR count). The van der Waals surface area contributed by atoms with Gasteiger partial charge in [-0.05, 0) is 50.2 Å². The van der Waals surface area contributed by atoms with Gasteiger partial charge in [0.2, 0.25) is 0 Å². The van der Waals surface area contributed by atoms with Gasteiger partial charge < -0.3 is 29.6 Å². The van der Waals surface area contributed by atoms with Gasteiger partial charge in [-0.25, -0.2) is 9.97 Å². The van der Waals surface area contributed by atoms with Crippen LogP contribution in [0, 0.1) is 0 Å². The summed E-state index contributed by atoms with van der Waals surface area (Å²) >= 11 is 0. The van der Waals surface area contributed by atoms with E-state index in [4.69, 9.17) is 28.9 Å². The van der Waals surface area contributed by atoms with Crippen molar-refractivity contribution in [1.29, 1.82) is 0 Å². The molecule has 0 radical (unpaired) electrons. The second-order valence-electron chi connectivity index (χ2n) is 9.59. The predicted molar refractivity (Wildman–Crippen MR) is 157 cm³/mol. The van der Waals surface area contributed by atoms with Crippen LogP contribution < -0.4 is 24.8 Å². The molecule has 3 aromatic carbocycles. The second kappa shape index (κ2) is 12.5. The van der Waals surface area contributed by atoms with Crippen molar-refractivity contribution in [1.82, 2.24) is 25.5 Å². The number of ether oxygens (including phenoxy) is 4. The highest BCUT2D eigenvalue weighted by Crippen LogP contribution is 2.37. The Labute approximate surface area is 237 Å². The average molecular weight is 557 g/mol. The number of amides is 1. The lowest BCUT2D eigenvalue weighted by atomic mass is 10.1.